The number of nitrogens with zero attached hydrogens (tertiary/aromatic N) is 4. The first-order valence-electron chi connectivity index (χ1n) is 13.4. The number of anilines is 2. The summed E-state index contributed by atoms with van der Waals surface area (Å²) in [6, 6.07) is 6.81. The van der Waals surface area contributed by atoms with Gasteiger partial charge >= 0.3 is 6.03 Å². The van der Waals surface area contributed by atoms with Crippen molar-refractivity contribution in [3.05, 3.63) is 24.3 Å². The molecule has 0 unspecified atom stereocenters. The number of amides is 3. The number of benzene rings is 1. The molecule has 0 radical (unpaired) electrons. The maximum atomic E-state index is 13.4. The second kappa shape index (κ2) is 8.29. The van der Waals surface area contributed by atoms with E-state index >= 15 is 0 Å². The Bertz CT molecular complexity index is 1430. The van der Waals surface area contributed by atoms with Gasteiger partial charge in [-0.05, 0) is 76.6 Å². The molecule has 1 aliphatic heterocycles. The number of hydrogen-bond donors (Lipinski definition) is 2. The maximum absolute atomic E-state index is 13.4. The second-order valence-electron chi connectivity index (χ2n) is 12.3. The van der Waals surface area contributed by atoms with E-state index in [0.29, 0.717) is 30.3 Å². The van der Waals surface area contributed by atoms with Gasteiger partial charge in [-0.15, -0.1) is 0 Å². The fourth-order valence-corrected chi connectivity index (χ4v) is 7.29. The van der Waals surface area contributed by atoms with Crippen molar-refractivity contribution in [3.63, 3.8) is 0 Å². The van der Waals surface area contributed by atoms with Gasteiger partial charge in [-0.3, -0.25) is 4.79 Å². The Labute approximate surface area is 223 Å². The average Bonchev–Trinajstić information content (AvgIpc) is 3.74. The third-order valence-corrected chi connectivity index (χ3v) is 10.3. The second-order valence-corrected chi connectivity index (χ2v) is 14.0. The summed E-state index contributed by atoms with van der Waals surface area (Å²) in [6.45, 7) is 7.03. The highest BCUT2D eigenvalue weighted by Gasteiger charge is 2.74. The molecule has 1 saturated heterocycles. The van der Waals surface area contributed by atoms with E-state index in [-0.39, 0.29) is 34.3 Å². The Morgan fingerprint density at radius 1 is 1.08 bits per heavy atom. The molecule has 6 rings (SSSR count). The summed E-state index contributed by atoms with van der Waals surface area (Å²) in [5.74, 6) is 0.953. The zero-order valence-corrected chi connectivity index (χ0v) is 23.4. The lowest BCUT2D eigenvalue weighted by Gasteiger charge is -2.46. The van der Waals surface area contributed by atoms with Crippen LogP contribution in [0.1, 0.15) is 46.5 Å². The molecule has 204 valence electrons. The van der Waals surface area contributed by atoms with E-state index in [1.54, 1.807) is 37.2 Å². The van der Waals surface area contributed by atoms with E-state index in [1.165, 1.54) is 0 Å². The summed E-state index contributed by atoms with van der Waals surface area (Å²) in [4.78, 5) is 35.9. The third-order valence-electron chi connectivity index (χ3n) is 8.69. The van der Waals surface area contributed by atoms with Gasteiger partial charge in [0.1, 0.15) is 5.82 Å². The Kier molecular flexibility index (Phi) is 5.53. The van der Waals surface area contributed by atoms with Crippen molar-refractivity contribution >= 4 is 44.4 Å². The lowest BCUT2D eigenvalue weighted by atomic mass is 10.1. The van der Waals surface area contributed by atoms with Gasteiger partial charge in [-0.25, -0.2) is 22.9 Å². The van der Waals surface area contributed by atoms with Gasteiger partial charge in [0.25, 0.3) is 0 Å². The number of pyridine rings is 1. The van der Waals surface area contributed by atoms with Gasteiger partial charge < -0.3 is 20.0 Å². The van der Waals surface area contributed by atoms with E-state index in [9.17, 15) is 18.0 Å². The number of aromatic nitrogens is 1. The number of sulfonamides is 1. The fraction of sp³-hybridized carbons (Fsp3) is 0.593. The molecule has 3 amide bonds. The molecule has 2 aromatic rings. The van der Waals surface area contributed by atoms with Crippen LogP contribution in [0.2, 0.25) is 0 Å². The SMILES string of the molecule is C[C@H]1CN(c2cc(S(=O)(=O)NC3(C)CC3)cc3nc(NC(=O)C45CC4C5)ccc23)C[C@H](C)N1C(=O)N(C)C. The third kappa shape index (κ3) is 4.29. The molecule has 0 spiro atoms. The summed E-state index contributed by atoms with van der Waals surface area (Å²) >= 11 is 0. The van der Waals surface area contributed by atoms with Crippen molar-refractivity contribution in [2.45, 2.75) is 69.0 Å². The van der Waals surface area contributed by atoms with Gasteiger partial charge in [0, 0.05) is 55.9 Å². The van der Waals surface area contributed by atoms with Crippen molar-refractivity contribution in [2.75, 3.05) is 37.4 Å². The highest BCUT2D eigenvalue weighted by Crippen LogP contribution is 2.75. The zero-order valence-electron chi connectivity index (χ0n) is 22.6. The van der Waals surface area contributed by atoms with Crippen LogP contribution in [0.3, 0.4) is 0 Å². The van der Waals surface area contributed by atoms with Crippen LogP contribution in [0.5, 0.6) is 0 Å². The number of nitrogens with one attached hydrogen (secondary N) is 2. The Hall–Kier alpha value is -2.92. The predicted octanol–water partition coefficient (Wildman–Crippen LogP) is 2.99. The molecule has 0 bridgehead atoms. The van der Waals surface area contributed by atoms with Crippen molar-refractivity contribution in [3.8, 4) is 0 Å². The van der Waals surface area contributed by atoms with Gasteiger partial charge in [0.05, 0.1) is 15.8 Å². The number of rotatable bonds is 6. The number of hydrogen-bond acceptors (Lipinski definition) is 6. The van der Waals surface area contributed by atoms with Crippen molar-refractivity contribution in [2.24, 2.45) is 11.3 Å². The van der Waals surface area contributed by atoms with E-state index in [1.807, 2.05) is 31.7 Å². The smallest absolute Gasteiger partial charge is 0.320 e. The summed E-state index contributed by atoms with van der Waals surface area (Å²) in [5.41, 5.74) is 0.664. The minimum Gasteiger partial charge on any atom is -0.367 e. The maximum Gasteiger partial charge on any atom is 0.320 e. The van der Waals surface area contributed by atoms with E-state index in [4.69, 9.17) is 4.98 Å². The molecular formula is C27H36N6O4S. The van der Waals surface area contributed by atoms with Crippen LogP contribution >= 0.6 is 0 Å². The number of urea groups is 1. The Morgan fingerprint density at radius 3 is 2.26 bits per heavy atom. The number of carbonyl (C=O) groups excluding carboxylic acids is 2. The summed E-state index contributed by atoms with van der Waals surface area (Å²) in [5, 5.41) is 3.75. The van der Waals surface area contributed by atoms with Gasteiger partial charge in [-0.2, -0.15) is 0 Å². The van der Waals surface area contributed by atoms with Crippen LogP contribution in [-0.4, -0.2) is 79.9 Å². The molecule has 2 atom stereocenters. The van der Waals surface area contributed by atoms with Crippen molar-refractivity contribution in [1.82, 2.24) is 19.5 Å². The molecule has 3 saturated carbocycles. The molecule has 2 heterocycles. The fourth-order valence-electron chi connectivity index (χ4n) is 5.79. The van der Waals surface area contributed by atoms with Crippen molar-refractivity contribution < 1.29 is 18.0 Å². The quantitative estimate of drug-likeness (QED) is 0.582. The molecule has 38 heavy (non-hydrogen) atoms. The molecule has 2 N–H and O–H groups in total. The molecule has 11 heteroatoms. The normalized spacial score (nSPS) is 29.0. The average molecular weight is 541 g/mol. The van der Waals surface area contributed by atoms with E-state index in [0.717, 1.165) is 36.8 Å². The monoisotopic (exact) mass is 540 g/mol. The number of fused-ring (bicyclic) bond motifs is 2. The predicted molar refractivity (Wildman–Crippen MR) is 146 cm³/mol. The van der Waals surface area contributed by atoms with Crippen LogP contribution in [0, 0.1) is 11.3 Å². The lowest BCUT2D eigenvalue weighted by Crippen LogP contribution is -2.60. The molecule has 4 fully saturated rings. The van der Waals surface area contributed by atoms with E-state index < -0.39 is 15.6 Å². The van der Waals surface area contributed by atoms with E-state index in [2.05, 4.69) is 14.9 Å². The Morgan fingerprint density at radius 2 is 1.71 bits per heavy atom. The van der Waals surface area contributed by atoms with Gasteiger partial charge in [0.2, 0.25) is 15.9 Å². The summed E-state index contributed by atoms with van der Waals surface area (Å²) < 4.78 is 29.7. The van der Waals surface area contributed by atoms with Crippen LogP contribution in [0.4, 0.5) is 16.3 Å². The van der Waals surface area contributed by atoms with Crippen LogP contribution < -0.4 is 14.9 Å². The topological polar surface area (TPSA) is 115 Å². The molecule has 1 aromatic carbocycles. The highest BCUT2D eigenvalue weighted by atomic mass is 32.2. The molecule has 1 aromatic heterocycles. The Balaban J connectivity index is 1.38. The van der Waals surface area contributed by atoms with Crippen LogP contribution in [-0.2, 0) is 14.8 Å². The largest absolute Gasteiger partial charge is 0.367 e. The highest BCUT2D eigenvalue weighted by molar-refractivity contribution is 7.89. The van der Waals surface area contributed by atoms with Crippen LogP contribution in [0.25, 0.3) is 10.9 Å². The zero-order chi connectivity index (χ0) is 27.2. The van der Waals surface area contributed by atoms with Crippen molar-refractivity contribution in [1.29, 1.82) is 0 Å². The molecule has 3 aliphatic carbocycles. The number of carbonyl (C=O) groups is 2. The first kappa shape index (κ1) is 25.4. The van der Waals surface area contributed by atoms with Crippen LogP contribution in [0.15, 0.2) is 29.2 Å². The minimum absolute atomic E-state index is 0.00556. The molecular weight excluding hydrogens is 504 g/mol. The summed E-state index contributed by atoms with van der Waals surface area (Å²) in [6.07, 6.45) is 3.51. The first-order valence-corrected chi connectivity index (χ1v) is 14.9. The number of piperazine rings is 1. The van der Waals surface area contributed by atoms with Gasteiger partial charge in [0.15, 0.2) is 0 Å². The first-order chi connectivity index (χ1) is 17.8. The lowest BCUT2D eigenvalue weighted by molar-refractivity contribution is -0.119. The summed E-state index contributed by atoms with van der Waals surface area (Å²) in [7, 11) is -0.293. The van der Waals surface area contributed by atoms with Gasteiger partial charge in [-0.1, -0.05) is 0 Å². The molecule has 10 nitrogen and oxygen atoms in total. The standard InChI is InChI=1S/C27H36N6O4S/c1-16-14-32(15-17(2)33(16)25(35)31(4)5)22-11-19(38(36,37)30-26(3)8-9-26)10-21-20(22)6-7-23(28-21)29-24(34)27-12-18(27)13-27/h6-7,10-11,16-18,30H,8-9,12-15H2,1-5H3,(H,28,29,34)/t16-,17-,18?,27?/m0/s1. The minimum atomic E-state index is -3.79. The molecule has 4 aliphatic rings.